The SMILES string of the molecule is Cc1ccc(OCc2c(C(=O)Nc3nn(Cc4ccc(F)cc4)cc3Cl)noc2C)cc1C. The van der Waals surface area contributed by atoms with Crippen molar-refractivity contribution in [3.63, 3.8) is 0 Å². The van der Waals surface area contributed by atoms with Crippen molar-refractivity contribution in [3.8, 4) is 5.75 Å². The molecule has 1 N–H and O–H groups in total. The predicted octanol–water partition coefficient (Wildman–Crippen LogP) is 5.47. The Balaban J connectivity index is 1.46. The highest BCUT2D eigenvalue weighted by atomic mass is 35.5. The molecule has 0 saturated heterocycles. The lowest BCUT2D eigenvalue weighted by Gasteiger charge is -2.09. The minimum atomic E-state index is -0.514. The van der Waals surface area contributed by atoms with Crippen LogP contribution in [0.3, 0.4) is 0 Å². The van der Waals surface area contributed by atoms with E-state index in [2.05, 4.69) is 15.6 Å². The van der Waals surface area contributed by atoms with Crippen molar-refractivity contribution in [2.45, 2.75) is 33.9 Å². The number of hydrogen-bond donors (Lipinski definition) is 1. The minimum absolute atomic E-state index is 0.0977. The Morgan fingerprint density at radius 3 is 2.64 bits per heavy atom. The van der Waals surface area contributed by atoms with Crippen LogP contribution in [0.25, 0.3) is 0 Å². The fraction of sp³-hybridized carbons (Fsp3) is 0.208. The van der Waals surface area contributed by atoms with E-state index in [1.807, 2.05) is 32.0 Å². The van der Waals surface area contributed by atoms with Crippen LogP contribution < -0.4 is 10.1 Å². The maximum absolute atomic E-state index is 13.1. The summed E-state index contributed by atoms with van der Waals surface area (Å²) in [6, 6.07) is 11.8. The Labute approximate surface area is 195 Å². The third-order valence-corrected chi connectivity index (χ3v) is 5.54. The molecule has 170 valence electrons. The number of aromatic nitrogens is 3. The summed E-state index contributed by atoms with van der Waals surface area (Å²) in [5, 5.41) is 11.1. The van der Waals surface area contributed by atoms with Crippen LogP contribution in [0.4, 0.5) is 10.2 Å². The Morgan fingerprint density at radius 1 is 1.15 bits per heavy atom. The van der Waals surface area contributed by atoms with Crippen LogP contribution in [0.1, 0.15) is 38.5 Å². The molecule has 4 aromatic rings. The summed E-state index contributed by atoms with van der Waals surface area (Å²) in [5.74, 6) is 0.528. The molecular formula is C24H22ClFN4O3. The molecule has 1 amide bonds. The number of carbonyl (C=O) groups is 1. The van der Waals surface area contributed by atoms with Crippen molar-refractivity contribution in [2.24, 2.45) is 0 Å². The molecule has 0 atom stereocenters. The maximum Gasteiger partial charge on any atom is 0.279 e. The van der Waals surface area contributed by atoms with Crippen molar-refractivity contribution in [2.75, 3.05) is 5.32 Å². The monoisotopic (exact) mass is 468 g/mol. The number of rotatable bonds is 7. The molecule has 0 fully saturated rings. The van der Waals surface area contributed by atoms with Gasteiger partial charge in [-0.25, -0.2) is 4.39 Å². The highest BCUT2D eigenvalue weighted by Crippen LogP contribution is 2.24. The molecule has 2 aromatic heterocycles. The van der Waals surface area contributed by atoms with Gasteiger partial charge in [0.2, 0.25) is 0 Å². The summed E-state index contributed by atoms with van der Waals surface area (Å²) < 4.78 is 25.8. The maximum atomic E-state index is 13.1. The number of hydrogen-bond acceptors (Lipinski definition) is 5. The second kappa shape index (κ2) is 9.46. The van der Waals surface area contributed by atoms with E-state index in [1.165, 1.54) is 17.7 Å². The van der Waals surface area contributed by atoms with E-state index >= 15 is 0 Å². The molecule has 0 spiro atoms. The van der Waals surface area contributed by atoms with Crippen LogP contribution in [-0.2, 0) is 13.2 Å². The molecule has 4 rings (SSSR count). The van der Waals surface area contributed by atoms with Gasteiger partial charge in [0.1, 0.15) is 29.0 Å². The number of halogens is 2. The molecular weight excluding hydrogens is 447 g/mol. The smallest absolute Gasteiger partial charge is 0.279 e. The number of nitrogens with zero attached hydrogens (tertiary/aromatic N) is 3. The van der Waals surface area contributed by atoms with Crippen LogP contribution in [0, 0.1) is 26.6 Å². The van der Waals surface area contributed by atoms with E-state index in [-0.39, 0.29) is 29.0 Å². The van der Waals surface area contributed by atoms with Crippen LogP contribution >= 0.6 is 11.6 Å². The van der Waals surface area contributed by atoms with Crippen molar-refractivity contribution in [3.05, 3.63) is 93.2 Å². The predicted molar refractivity (Wildman–Crippen MR) is 122 cm³/mol. The lowest BCUT2D eigenvalue weighted by Crippen LogP contribution is -2.16. The van der Waals surface area contributed by atoms with E-state index in [0.717, 1.165) is 11.1 Å². The fourth-order valence-electron chi connectivity index (χ4n) is 3.21. The Bertz CT molecular complexity index is 1300. The van der Waals surface area contributed by atoms with E-state index in [9.17, 15) is 9.18 Å². The number of carbonyl (C=O) groups excluding carboxylic acids is 1. The Hall–Kier alpha value is -3.65. The summed E-state index contributed by atoms with van der Waals surface area (Å²) in [5.41, 5.74) is 3.75. The van der Waals surface area contributed by atoms with E-state index in [4.69, 9.17) is 20.9 Å². The summed E-state index contributed by atoms with van der Waals surface area (Å²) in [6.07, 6.45) is 1.58. The average molecular weight is 469 g/mol. The van der Waals surface area contributed by atoms with E-state index in [0.29, 0.717) is 23.6 Å². The topological polar surface area (TPSA) is 82.2 Å². The molecule has 0 saturated carbocycles. The molecule has 0 radical (unpaired) electrons. The number of amides is 1. The average Bonchev–Trinajstić information content (AvgIpc) is 3.32. The van der Waals surface area contributed by atoms with Gasteiger partial charge in [-0.1, -0.05) is 35.0 Å². The minimum Gasteiger partial charge on any atom is -0.489 e. The molecule has 0 unspecified atom stereocenters. The molecule has 0 bridgehead atoms. The molecule has 2 heterocycles. The quantitative estimate of drug-likeness (QED) is 0.389. The van der Waals surface area contributed by atoms with Crippen LogP contribution in [-0.4, -0.2) is 20.8 Å². The molecule has 2 aromatic carbocycles. The standard InChI is InChI=1S/C24H22ClFN4O3/c1-14-4-9-19(10-15(14)2)32-13-20-16(3)33-29-22(20)24(31)27-23-21(25)12-30(28-23)11-17-5-7-18(26)8-6-17/h4-10,12H,11,13H2,1-3H3,(H,27,28,31). The van der Waals surface area contributed by atoms with Gasteiger partial charge < -0.3 is 14.6 Å². The first-order valence-corrected chi connectivity index (χ1v) is 10.6. The number of aryl methyl sites for hydroxylation is 3. The zero-order valence-corrected chi connectivity index (χ0v) is 19.1. The van der Waals surface area contributed by atoms with Crippen LogP contribution in [0.5, 0.6) is 5.75 Å². The lowest BCUT2D eigenvalue weighted by molar-refractivity contribution is 0.101. The third kappa shape index (κ3) is 5.23. The number of anilines is 1. The van der Waals surface area contributed by atoms with Gasteiger partial charge in [-0.05, 0) is 61.7 Å². The van der Waals surface area contributed by atoms with Gasteiger partial charge >= 0.3 is 0 Å². The van der Waals surface area contributed by atoms with Gasteiger partial charge in [0, 0.05) is 6.20 Å². The van der Waals surface area contributed by atoms with Gasteiger partial charge in [0.15, 0.2) is 11.5 Å². The molecule has 33 heavy (non-hydrogen) atoms. The highest BCUT2D eigenvalue weighted by Gasteiger charge is 2.22. The summed E-state index contributed by atoms with van der Waals surface area (Å²) in [4.78, 5) is 12.9. The van der Waals surface area contributed by atoms with E-state index in [1.54, 1.807) is 29.9 Å². The normalized spacial score (nSPS) is 10.9. The summed E-state index contributed by atoms with van der Waals surface area (Å²) >= 11 is 6.26. The van der Waals surface area contributed by atoms with Crippen molar-refractivity contribution >= 4 is 23.3 Å². The largest absolute Gasteiger partial charge is 0.489 e. The molecule has 0 aliphatic rings. The first-order valence-electron chi connectivity index (χ1n) is 10.2. The Morgan fingerprint density at radius 2 is 1.91 bits per heavy atom. The van der Waals surface area contributed by atoms with Crippen LogP contribution in [0.2, 0.25) is 5.02 Å². The van der Waals surface area contributed by atoms with Gasteiger partial charge in [-0.2, -0.15) is 5.10 Å². The van der Waals surface area contributed by atoms with Crippen molar-refractivity contribution in [1.29, 1.82) is 0 Å². The van der Waals surface area contributed by atoms with Gasteiger partial charge in [0.05, 0.1) is 12.1 Å². The zero-order chi connectivity index (χ0) is 23.5. The van der Waals surface area contributed by atoms with Crippen LogP contribution in [0.15, 0.2) is 53.2 Å². The lowest BCUT2D eigenvalue weighted by atomic mass is 10.1. The number of benzene rings is 2. The zero-order valence-electron chi connectivity index (χ0n) is 18.4. The first kappa shape index (κ1) is 22.5. The van der Waals surface area contributed by atoms with Gasteiger partial charge in [-0.15, -0.1) is 0 Å². The first-order chi connectivity index (χ1) is 15.8. The van der Waals surface area contributed by atoms with Crippen molar-refractivity contribution < 1.29 is 18.4 Å². The second-order valence-corrected chi connectivity index (χ2v) is 8.11. The third-order valence-electron chi connectivity index (χ3n) is 5.27. The number of nitrogens with one attached hydrogen (secondary N) is 1. The van der Waals surface area contributed by atoms with E-state index < -0.39 is 5.91 Å². The summed E-state index contributed by atoms with van der Waals surface area (Å²) in [7, 11) is 0. The second-order valence-electron chi connectivity index (χ2n) is 7.70. The number of ether oxygens (including phenoxy) is 1. The molecule has 0 aliphatic carbocycles. The Kier molecular flexibility index (Phi) is 6.46. The summed E-state index contributed by atoms with van der Waals surface area (Å²) in [6.45, 7) is 6.23. The fourth-order valence-corrected chi connectivity index (χ4v) is 3.40. The van der Waals surface area contributed by atoms with Crippen molar-refractivity contribution in [1.82, 2.24) is 14.9 Å². The highest BCUT2D eigenvalue weighted by molar-refractivity contribution is 6.33. The molecule has 0 aliphatic heterocycles. The molecule has 9 heteroatoms. The van der Waals surface area contributed by atoms with Gasteiger partial charge in [0.25, 0.3) is 5.91 Å². The van der Waals surface area contributed by atoms with Gasteiger partial charge in [-0.3, -0.25) is 9.48 Å². The molecule has 7 nitrogen and oxygen atoms in total.